The summed E-state index contributed by atoms with van der Waals surface area (Å²) in [6, 6.07) is 82.4. The summed E-state index contributed by atoms with van der Waals surface area (Å²) in [6.07, 6.45) is 0. The van der Waals surface area contributed by atoms with E-state index in [-0.39, 0.29) is 0 Å². The number of para-hydroxylation sites is 1. The quantitative estimate of drug-likeness (QED) is 0.153. The topological polar surface area (TPSA) is 29.3 Å². The van der Waals surface area contributed by atoms with Gasteiger partial charge < -0.3 is 9.32 Å². The minimum Gasteiger partial charge on any atom is -0.456 e. The highest BCUT2D eigenvalue weighted by Crippen LogP contribution is 2.47. The predicted molar refractivity (Wildman–Crippen MR) is 266 cm³/mol. The Balaban J connectivity index is 1.04. The second-order valence-corrected chi connectivity index (χ2v) is 16.9. The van der Waals surface area contributed by atoms with Crippen LogP contribution in [0.25, 0.3) is 98.0 Å². The van der Waals surface area contributed by atoms with E-state index in [1.54, 1.807) is 11.3 Å². The van der Waals surface area contributed by atoms with Gasteiger partial charge in [-0.15, -0.1) is 11.3 Å². The summed E-state index contributed by atoms with van der Waals surface area (Å²) >= 11 is 1.74. The highest BCUT2D eigenvalue weighted by Gasteiger charge is 2.22. The van der Waals surface area contributed by atoms with Crippen LogP contribution < -0.4 is 4.90 Å². The van der Waals surface area contributed by atoms with E-state index in [1.165, 1.54) is 44.2 Å². The first-order valence-electron chi connectivity index (χ1n) is 21.3. The van der Waals surface area contributed by atoms with Crippen molar-refractivity contribution in [3.8, 4) is 55.1 Å². The van der Waals surface area contributed by atoms with Gasteiger partial charge in [-0.1, -0.05) is 182 Å². The third kappa shape index (κ3) is 6.56. The fraction of sp³-hybridized carbons (Fsp3) is 0. The van der Waals surface area contributed by atoms with Gasteiger partial charge >= 0.3 is 0 Å². The van der Waals surface area contributed by atoms with E-state index in [4.69, 9.17) is 9.40 Å². The molecule has 10 aromatic carbocycles. The molecule has 0 fully saturated rings. The molecule has 296 valence electrons. The van der Waals surface area contributed by atoms with Gasteiger partial charge in [0.2, 0.25) is 0 Å². The Bertz CT molecular complexity index is 3590. The zero-order valence-electron chi connectivity index (χ0n) is 34.2. The Morgan fingerprint density at radius 2 is 0.952 bits per heavy atom. The van der Waals surface area contributed by atoms with Gasteiger partial charge in [0, 0.05) is 45.0 Å². The number of hydrogen-bond donors (Lipinski definition) is 0. The van der Waals surface area contributed by atoms with Crippen molar-refractivity contribution in [1.29, 1.82) is 0 Å². The van der Waals surface area contributed by atoms with Gasteiger partial charge in [0.25, 0.3) is 0 Å². The van der Waals surface area contributed by atoms with Crippen molar-refractivity contribution >= 4 is 71.3 Å². The maximum Gasteiger partial charge on any atom is 0.138 e. The van der Waals surface area contributed by atoms with Crippen molar-refractivity contribution in [3.05, 3.63) is 231 Å². The smallest absolute Gasteiger partial charge is 0.138 e. The monoisotopic (exact) mass is 822 g/mol. The Morgan fingerprint density at radius 1 is 0.381 bits per heavy atom. The van der Waals surface area contributed by atoms with Gasteiger partial charge in [-0.05, 0) is 92.2 Å². The minimum atomic E-state index is 0.840. The third-order valence-electron chi connectivity index (χ3n) is 12.1. The van der Waals surface area contributed by atoms with Crippen LogP contribution in [0.15, 0.2) is 235 Å². The third-order valence-corrected chi connectivity index (χ3v) is 13.3. The first kappa shape index (κ1) is 36.8. The van der Waals surface area contributed by atoms with Crippen molar-refractivity contribution in [1.82, 2.24) is 4.98 Å². The van der Waals surface area contributed by atoms with Crippen molar-refractivity contribution in [3.63, 3.8) is 0 Å². The van der Waals surface area contributed by atoms with E-state index in [9.17, 15) is 0 Å². The number of nitrogens with zero attached hydrogens (tertiary/aromatic N) is 2. The van der Waals surface area contributed by atoms with Crippen LogP contribution in [0.1, 0.15) is 0 Å². The normalized spacial score (nSPS) is 11.5. The first-order chi connectivity index (χ1) is 31.2. The number of benzene rings is 10. The Labute approximate surface area is 369 Å². The molecule has 0 N–H and O–H groups in total. The van der Waals surface area contributed by atoms with Gasteiger partial charge in [-0.25, -0.2) is 4.98 Å². The number of thiazole rings is 1. The van der Waals surface area contributed by atoms with Gasteiger partial charge in [-0.2, -0.15) is 0 Å². The lowest BCUT2D eigenvalue weighted by Gasteiger charge is -2.27. The largest absolute Gasteiger partial charge is 0.456 e. The molecular formula is C59H38N2OS. The number of furan rings is 1. The minimum absolute atomic E-state index is 0.840. The summed E-state index contributed by atoms with van der Waals surface area (Å²) in [4.78, 5) is 7.55. The van der Waals surface area contributed by atoms with E-state index >= 15 is 0 Å². The lowest BCUT2D eigenvalue weighted by Crippen LogP contribution is -2.10. The van der Waals surface area contributed by atoms with Gasteiger partial charge in [0.15, 0.2) is 0 Å². The summed E-state index contributed by atoms with van der Waals surface area (Å²) in [6.45, 7) is 0. The lowest BCUT2D eigenvalue weighted by molar-refractivity contribution is 0.669. The van der Waals surface area contributed by atoms with Crippen LogP contribution in [0, 0.1) is 0 Å². The zero-order valence-corrected chi connectivity index (χ0v) is 35.0. The Hall–Kier alpha value is -8.05. The van der Waals surface area contributed by atoms with E-state index in [2.05, 4.69) is 223 Å². The van der Waals surface area contributed by atoms with E-state index < -0.39 is 0 Å². The molecule has 0 aliphatic carbocycles. The summed E-state index contributed by atoms with van der Waals surface area (Å²) < 4.78 is 7.67. The van der Waals surface area contributed by atoms with Crippen molar-refractivity contribution in [2.75, 3.05) is 4.90 Å². The Kier molecular flexibility index (Phi) is 9.02. The van der Waals surface area contributed by atoms with Crippen molar-refractivity contribution < 1.29 is 4.42 Å². The number of hydrogen-bond acceptors (Lipinski definition) is 4. The van der Waals surface area contributed by atoms with Gasteiger partial charge in [0.1, 0.15) is 16.2 Å². The highest BCUT2D eigenvalue weighted by atomic mass is 32.1. The molecule has 0 bridgehead atoms. The molecule has 12 aromatic rings. The molecule has 0 amide bonds. The standard InChI is InChI=1S/C59H38N2OS/c1-4-15-39(16-5-1)40-27-31-45(32-28-40)61(47-35-36-50(52(37-47)42-17-6-2-7-18-42)49-25-14-22-41-19-10-11-23-48(41)49)46-33-29-43(30-34-46)56-57-51-24-12-13-26-54(51)62-55(57)38-53-58(56)63-59(60-53)44-20-8-3-9-21-44/h1-38H. The predicted octanol–water partition coefficient (Wildman–Crippen LogP) is 17.2. The average Bonchev–Trinajstić information content (AvgIpc) is 3.96. The second kappa shape index (κ2) is 15.4. The van der Waals surface area contributed by atoms with Gasteiger partial charge in [0.05, 0.1) is 10.2 Å². The molecule has 2 heterocycles. The van der Waals surface area contributed by atoms with Crippen LogP contribution in [0.4, 0.5) is 17.1 Å². The fourth-order valence-corrected chi connectivity index (χ4v) is 10.3. The highest BCUT2D eigenvalue weighted by molar-refractivity contribution is 7.22. The van der Waals surface area contributed by atoms with Crippen LogP contribution in [-0.2, 0) is 0 Å². The molecule has 0 radical (unpaired) electrons. The van der Waals surface area contributed by atoms with Crippen molar-refractivity contribution in [2.45, 2.75) is 0 Å². The molecule has 63 heavy (non-hydrogen) atoms. The summed E-state index contributed by atoms with van der Waals surface area (Å²) in [7, 11) is 0. The molecular weight excluding hydrogens is 785 g/mol. The maximum absolute atomic E-state index is 6.53. The number of fused-ring (bicyclic) bond motifs is 5. The van der Waals surface area contributed by atoms with Crippen LogP contribution in [0.3, 0.4) is 0 Å². The SMILES string of the molecule is c1ccc(-c2ccc(N(c3ccc(-c4c5sc(-c6ccccc6)nc5cc5oc6ccccc6c45)cc3)c3ccc(-c4cccc5ccccc45)c(-c4ccccc4)c3)cc2)cc1. The molecule has 0 unspecified atom stereocenters. The molecule has 0 saturated carbocycles. The number of aromatic nitrogens is 1. The van der Waals surface area contributed by atoms with Crippen LogP contribution in [0.5, 0.6) is 0 Å². The summed E-state index contributed by atoms with van der Waals surface area (Å²) in [5.41, 5.74) is 16.3. The summed E-state index contributed by atoms with van der Waals surface area (Å²) in [5, 5.41) is 5.67. The molecule has 0 spiro atoms. The average molecular weight is 823 g/mol. The fourth-order valence-electron chi connectivity index (χ4n) is 9.13. The van der Waals surface area contributed by atoms with E-state index in [0.29, 0.717) is 0 Å². The second-order valence-electron chi connectivity index (χ2n) is 15.9. The number of anilines is 3. The molecule has 0 atom stereocenters. The lowest BCUT2D eigenvalue weighted by atomic mass is 9.90. The van der Waals surface area contributed by atoms with Crippen LogP contribution in [0.2, 0.25) is 0 Å². The van der Waals surface area contributed by atoms with Crippen LogP contribution >= 0.6 is 11.3 Å². The zero-order chi connectivity index (χ0) is 41.7. The maximum atomic E-state index is 6.53. The van der Waals surface area contributed by atoms with Gasteiger partial charge in [-0.3, -0.25) is 0 Å². The molecule has 12 rings (SSSR count). The molecule has 0 aliphatic rings. The first-order valence-corrected chi connectivity index (χ1v) is 22.1. The van der Waals surface area contributed by atoms with Crippen molar-refractivity contribution in [2.24, 2.45) is 0 Å². The summed E-state index contributed by atoms with van der Waals surface area (Å²) in [5.74, 6) is 0. The molecule has 4 heteroatoms. The van der Waals surface area contributed by atoms with E-state index in [0.717, 1.165) is 70.9 Å². The molecule has 2 aromatic heterocycles. The molecule has 3 nitrogen and oxygen atoms in total. The van der Waals surface area contributed by atoms with Crippen LogP contribution in [-0.4, -0.2) is 4.98 Å². The number of rotatable bonds is 8. The van der Waals surface area contributed by atoms with E-state index in [1.807, 2.05) is 12.1 Å². The molecule has 0 aliphatic heterocycles. The Morgan fingerprint density at radius 3 is 1.68 bits per heavy atom. The molecule has 0 saturated heterocycles.